The molecule has 1 aromatic carbocycles. The van der Waals surface area contributed by atoms with Crippen LogP contribution in [0.15, 0.2) is 24.3 Å². The van der Waals surface area contributed by atoms with Crippen molar-refractivity contribution in [3.63, 3.8) is 0 Å². The summed E-state index contributed by atoms with van der Waals surface area (Å²) >= 11 is 0. The number of nitrogens with zero attached hydrogens (tertiary/aromatic N) is 1. The molecule has 0 aliphatic heterocycles. The van der Waals surface area contributed by atoms with Crippen LogP contribution in [0.4, 0.5) is 0 Å². The second kappa shape index (κ2) is 6.91. The Kier molecular flexibility index (Phi) is 5.21. The van der Waals surface area contributed by atoms with E-state index in [1.807, 2.05) is 0 Å². The van der Waals surface area contributed by atoms with Gasteiger partial charge in [-0.3, -0.25) is 4.90 Å². The van der Waals surface area contributed by atoms with E-state index in [4.69, 9.17) is 5.11 Å². The molecular formula is C16H25NO. The number of unbranched alkanes of at least 4 members (excludes halogenated alkanes) is 2. The van der Waals surface area contributed by atoms with Crippen molar-refractivity contribution in [3.05, 3.63) is 35.4 Å². The summed E-state index contributed by atoms with van der Waals surface area (Å²) < 4.78 is 0. The van der Waals surface area contributed by atoms with Crippen LogP contribution in [0, 0.1) is 6.92 Å². The third kappa shape index (κ3) is 4.43. The second-order valence-electron chi connectivity index (χ2n) is 5.47. The van der Waals surface area contributed by atoms with Crippen LogP contribution in [0.25, 0.3) is 0 Å². The third-order valence-corrected chi connectivity index (χ3v) is 3.63. The highest BCUT2D eigenvalue weighted by Gasteiger charge is 2.28. The number of benzene rings is 1. The van der Waals surface area contributed by atoms with Gasteiger partial charge < -0.3 is 5.11 Å². The van der Waals surface area contributed by atoms with Gasteiger partial charge in [-0.2, -0.15) is 0 Å². The van der Waals surface area contributed by atoms with Crippen LogP contribution in [0.2, 0.25) is 0 Å². The summed E-state index contributed by atoms with van der Waals surface area (Å²) in [5, 5.41) is 8.81. The maximum atomic E-state index is 8.81. The summed E-state index contributed by atoms with van der Waals surface area (Å²) in [6, 6.07) is 9.66. The molecule has 1 N–H and O–H groups in total. The van der Waals surface area contributed by atoms with Gasteiger partial charge in [0.1, 0.15) is 0 Å². The molecule has 0 amide bonds. The smallest absolute Gasteiger partial charge is 0.0431 e. The first-order valence-corrected chi connectivity index (χ1v) is 7.20. The lowest BCUT2D eigenvalue weighted by atomic mass is 10.1. The van der Waals surface area contributed by atoms with Gasteiger partial charge in [-0.1, -0.05) is 29.8 Å². The molecule has 0 aromatic heterocycles. The highest BCUT2D eigenvalue weighted by molar-refractivity contribution is 5.22. The normalized spacial score (nSPS) is 15.3. The molecule has 2 heteroatoms. The van der Waals surface area contributed by atoms with E-state index in [0.29, 0.717) is 6.61 Å². The molecule has 1 aliphatic rings. The van der Waals surface area contributed by atoms with E-state index in [1.54, 1.807) is 0 Å². The van der Waals surface area contributed by atoms with Crippen LogP contribution < -0.4 is 0 Å². The Morgan fingerprint density at radius 3 is 2.72 bits per heavy atom. The van der Waals surface area contributed by atoms with Crippen LogP contribution >= 0.6 is 0 Å². The summed E-state index contributed by atoms with van der Waals surface area (Å²) in [4.78, 5) is 2.62. The fraction of sp³-hybridized carbons (Fsp3) is 0.625. The van der Waals surface area contributed by atoms with Crippen molar-refractivity contribution in [1.82, 2.24) is 4.90 Å². The van der Waals surface area contributed by atoms with Crippen molar-refractivity contribution in [2.45, 2.75) is 51.6 Å². The van der Waals surface area contributed by atoms with Crippen molar-refractivity contribution in [2.24, 2.45) is 0 Å². The highest BCUT2D eigenvalue weighted by Crippen LogP contribution is 2.28. The predicted octanol–water partition coefficient (Wildman–Crippen LogP) is 3.12. The van der Waals surface area contributed by atoms with Gasteiger partial charge in [0, 0.05) is 19.2 Å². The van der Waals surface area contributed by atoms with Crippen LogP contribution in [-0.4, -0.2) is 29.2 Å². The third-order valence-electron chi connectivity index (χ3n) is 3.63. The molecule has 1 aliphatic carbocycles. The summed E-state index contributed by atoms with van der Waals surface area (Å²) in [5.74, 6) is 0. The van der Waals surface area contributed by atoms with Crippen LogP contribution in [0.3, 0.4) is 0 Å². The van der Waals surface area contributed by atoms with Gasteiger partial charge in [0.05, 0.1) is 0 Å². The van der Waals surface area contributed by atoms with Crippen LogP contribution in [0.1, 0.15) is 43.2 Å². The lowest BCUT2D eigenvalue weighted by Gasteiger charge is -2.22. The van der Waals surface area contributed by atoms with E-state index in [-0.39, 0.29) is 0 Å². The molecule has 1 fully saturated rings. The SMILES string of the molecule is Cc1cccc(CN(CCCCCO)C2CC2)c1. The Labute approximate surface area is 111 Å². The Bertz CT molecular complexity index is 360. The van der Waals surface area contributed by atoms with Crippen molar-refractivity contribution in [2.75, 3.05) is 13.2 Å². The van der Waals surface area contributed by atoms with Crippen molar-refractivity contribution >= 4 is 0 Å². The van der Waals surface area contributed by atoms with Gasteiger partial charge in [0.25, 0.3) is 0 Å². The predicted molar refractivity (Wildman–Crippen MR) is 75.5 cm³/mol. The second-order valence-corrected chi connectivity index (χ2v) is 5.47. The maximum Gasteiger partial charge on any atom is 0.0431 e. The molecule has 0 unspecified atom stereocenters. The number of rotatable bonds is 8. The zero-order valence-electron chi connectivity index (χ0n) is 11.4. The summed E-state index contributed by atoms with van der Waals surface area (Å²) in [7, 11) is 0. The molecule has 1 aromatic rings. The lowest BCUT2D eigenvalue weighted by molar-refractivity contribution is 0.238. The minimum Gasteiger partial charge on any atom is -0.396 e. The summed E-state index contributed by atoms with van der Waals surface area (Å²) in [5.41, 5.74) is 2.78. The number of aliphatic hydroxyl groups is 1. The molecule has 0 bridgehead atoms. The monoisotopic (exact) mass is 247 g/mol. The number of aryl methyl sites for hydroxylation is 1. The minimum absolute atomic E-state index is 0.335. The van der Waals surface area contributed by atoms with Crippen molar-refractivity contribution in [3.8, 4) is 0 Å². The van der Waals surface area contributed by atoms with Gasteiger partial charge >= 0.3 is 0 Å². The Balaban J connectivity index is 1.82. The Morgan fingerprint density at radius 1 is 1.22 bits per heavy atom. The lowest BCUT2D eigenvalue weighted by Crippen LogP contribution is -2.26. The van der Waals surface area contributed by atoms with Gasteiger partial charge in [-0.05, 0) is 51.1 Å². The fourth-order valence-corrected chi connectivity index (χ4v) is 2.48. The molecule has 0 spiro atoms. The van der Waals surface area contributed by atoms with E-state index in [2.05, 4.69) is 36.1 Å². The maximum absolute atomic E-state index is 8.81. The van der Waals surface area contributed by atoms with Gasteiger partial charge in [-0.15, -0.1) is 0 Å². The van der Waals surface area contributed by atoms with Crippen LogP contribution in [0.5, 0.6) is 0 Å². The van der Waals surface area contributed by atoms with E-state index >= 15 is 0 Å². The quantitative estimate of drug-likeness (QED) is 0.713. The first-order valence-electron chi connectivity index (χ1n) is 7.20. The van der Waals surface area contributed by atoms with Gasteiger partial charge in [0.15, 0.2) is 0 Å². The molecule has 2 nitrogen and oxygen atoms in total. The molecular weight excluding hydrogens is 222 g/mol. The molecule has 0 saturated heterocycles. The average molecular weight is 247 g/mol. The van der Waals surface area contributed by atoms with Gasteiger partial charge in [-0.25, -0.2) is 0 Å². The molecule has 100 valence electrons. The number of hydrogen-bond acceptors (Lipinski definition) is 2. The van der Waals surface area contributed by atoms with Crippen LogP contribution in [-0.2, 0) is 6.54 Å². The first kappa shape index (κ1) is 13.6. The molecule has 0 radical (unpaired) electrons. The fourth-order valence-electron chi connectivity index (χ4n) is 2.48. The molecule has 2 rings (SSSR count). The molecule has 1 saturated carbocycles. The van der Waals surface area contributed by atoms with E-state index < -0.39 is 0 Å². The zero-order valence-corrected chi connectivity index (χ0v) is 11.4. The Hall–Kier alpha value is -0.860. The highest BCUT2D eigenvalue weighted by atomic mass is 16.2. The standard InChI is InChI=1S/C16H25NO/c1-14-6-5-7-15(12-14)13-17(16-8-9-16)10-3-2-4-11-18/h5-7,12,16,18H,2-4,8-11,13H2,1H3. The molecule has 0 heterocycles. The summed E-state index contributed by atoms with van der Waals surface area (Å²) in [6.07, 6.45) is 6.04. The number of hydrogen-bond donors (Lipinski definition) is 1. The largest absolute Gasteiger partial charge is 0.396 e. The molecule has 0 atom stereocenters. The Morgan fingerprint density at radius 2 is 2.06 bits per heavy atom. The van der Waals surface area contributed by atoms with E-state index in [0.717, 1.165) is 25.4 Å². The zero-order chi connectivity index (χ0) is 12.8. The van der Waals surface area contributed by atoms with E-state index in [9.17, 15) is 0 Å². The first-order chi connectivity index (χ1) is 8.79. The average Bonchev–Trinajstić information content (AvgIpc) is 3.17. The number of aliphatic hydroxyl groups excluding tert-OH is 1. The topological polar surface area (TPSA) is 23.5 Å². The molecule has 18 heavy (non-hydrogen) atoms. The van der Waals surface area contributed by atoms with Crippen molar-refractivity contribution < 1.29 is 5.11 Å². The van der Waals surface area contributed by atoms with Crippen molar-refractivity contribution in [1.29, 1.82) is 0 Å². The van der Waals surface area contributed by atoms with E-state index in [1.165, 1.54) is 36.9 Å². The summed E-state index contributed by atoms with van der Waals surface area (Å²) in [6.45, 7) is 4.76. The van der Waals surface area contributed by atoms with Gasteiger partial charge in [0.2, 0.25) is 0 Å². The minimum atomic E-state index is 0.335.